The average Bonchev–Trinajstić information content (AvgIpc) is 2.88. The van der Waals surface area contributed by atoms with Gasteiger partial charge in [-0.15, -0.1) is 21.6 Å². The van der Waals surface area contributed by atoms with Crippen LogP contribution in [-0.2, 0) is 6.18 Å². The summed E-state index contributed by atoms with van der Waals surface area (Å²) in [7, 11) is 0. The van der Waals surface area contributed by atoms with Gasteiger partial charge in [-0.25, -0.2) is 4.79 Å². The van der Waals surface area contributed by atoms with Crippen LogP contribution in [0.5, 0.6) is 0 Å². The summed E-state index contributed by atoms with van der Waals surface area (Å²) >= 11 is 0. The van der Waals surface area contributed by atoms with Crippen LogP contribution in [0.3, 0.4) is 0 Å². The molecule has 2 aromatic rings. The van der Waals surface area contributed by atoms with Crippen molar-refractivity contribution in [2.45, 2.75) is 6.18 Å². The normalized spacial score (nSPS) is 11.2. The van der Waals surface area contributed by atoms with Gasteiger partial charge < -0.3 is 10.4 Å². The zero-order chi connectivity index (χ0) is 16.3. The van der Waals surface area contributed by atoms with E-state index in [1.54, 1.807) is 0 Å². The Bertz CT molecular complexity index is 710. The van der Waals surface area contributed by atoms with Crippen LogP contribution in [0.2, 0.25) is 0 Å². The fourth-order valence-corrected chi connectivity index (χ4v) is 1.66. The smallest absolute Gasteiger partial charge is 0.416 e. The summed E-state index contributed by atoms with van der Waals surface area (Å²) < 4.78 is 38.1. The van der Waals surface area contributed by atoms with Crippen molar-refractivity contribution in [3.63, 3.8) is 0 Å². The Labute approximate surface area is 122 Å². The molecule has 1 aromatic carbocycles. The number of benzene rings is 1. The minimum Gasteiger partial charge on any atom is -0.476 e. The predicted octanol–water partition coefficient (Wildman–Crippen LogP) is 2.58. The second kappa shape index (κ2) is 5.88. The Hall–Kier alpha value is -2.84. The summed E-state index contributed by atoms with van der Waals surface area (Å²) in [5, 5.41) is 19.3. The Balaban J connectivity index is 2.44. The van der Waals surface area contributed by atoms with Crippen LogP contribution in [0, 0.1) is 0 Å². The first-order valence-electron chi connectivity index (χ1n) is 6.06. The number of carboxylic acid groups (broad SMARTS) is 1. The molecule has 0 atom stereocenters. The molecule has 116 valence electrons. The highest BCUT2D eigenvalue weighted by Gasteiger charge is 2.31. The molecule has 0 unspecified atom stereocenters. The summed E-state index contributed by atoms with van der Waals surface area (Å²) in [6, 6.07) is 4.28. The van der Waals surface area contributed by atoms with E-state index in [2.05, 4.69) is 22.1 Å². The molecule has 22 heavy (non-hydrogen) atoms. The van der Waals surface area contributed by atoms with E-state index in [1.165, 1.54) is 18.2 Å². The topological polar surface area (TPSA) is 80.0 Å². The monoisotopic (exact) mass is 312 g/mol. The number of nitrogens with zero attached hydrogens (tertiary/aromatic N) is 3. The zero-order valence-electron chi connectivity index (χ0n) is 11.1. The van der Waals surface area contributed by atoms with E-state index in [9.17, 15) is 18.0 Å². The molecule has 0 aliphatic heterocycles. The quantitative estimate of drug-likeness (QED) is 0.830. The van der Waals surface area contributed by atoms with Gasteiger partial charge in [-0.3, -0.25) is 0 Å². The number of halogens is 3. The van der Waals surface area contributed by atoms with E-state index in [-0.39, 0.29) is 23.7 Å². The standard InChI is InChI=1S/C13H11F3N4O2/c1-2-6-17-11-10(12(21)22)18-20(19-11)9-5-3-4-8(7-9)13(14,15)16/h2-5,7H,1,6H2,(H,17,19)(H,21,22). The highest BCUT2D eigenvalue weighted by molar-refractivity contribution is 5.90. The van der Waals surface area contributed by atoms with Crippen molar-refractivity contribution < 1.29 is 23.1 Å². The number of carbonyl (C=O) groups is 1. The molecule has 0 saturated heterocycles. The molecule has 2 N–H and O–H groups in total. The van der Waals surface area contributed by atoms with E-state index in [0.29, 0.717) is 0 Å². The highest BCUT2D eigenvalue weighted by atomic mass is 19.4. The van der Waals surface area contributed by atoms with Gasteiger partial charge in [0, 0.05) is 6.54 Å². The fourth-order valence-electron chi connectivity index (χ4n) is 1.66. The van der Waals surface area contributed by atoms with E-state index in [0.717, 1.165) is 16.9 Å². The van der Waals surface area contributed by atoms with Gasteiger partial charge in [-0.2, -0.15) is 13.2 Å². The number of aromatic nitrogens is 3. The molecule has 0 saturated carbocycles. The minimum atomic E-state index is -4.51. The van der Waals surface area contributed by atoms with Crippen LogP contribution in [0.4, 0.5) is 19.0 Å². The van der Waals surface area contributed by atoms with Crippen LogP contribution in [0.25, 0.3) is 5.69 Å². The van der Waals surface area contributed by atoms with Crippen LogP contribution in [0.15, 0.2) is 36.9 Å². The lowest BCUT2D eigenvalue weighted by molar-refractivity contribution is -0.137. The van der Waals surface area contributed by atoms with Gasteiger partial charge in [0.2, 0.25) is 5.69 Å². The molecule has 6 nitrogen and oxygen atoms in total. The third-order valence-electron chi connectivity index (χ3n) is 2.63. The minimum absolute atomic E-state index is 0.00368. The van der Waals surface area contributed by atoms with Crippen molar-refractivity contribution in [3.8, 4) is 5.69 Å². The second-order valence-electron chi connectivity index (χ2n) is 4.21. The molecule has 2 rings (SSSR count). The van der Waals surface area contributed by atoms with Crippen LogP contribution < -0.4 is 5.32 Å². The average molecular weight is 312 g/mol. The zero-order valence-corrected chi connectivity index (χ0v) is 11.1. The molecule has 0 fully saturated rings. The maximum atomic E-state index is 12.7. The molecular formula is C13H11F3N4O2. The molecule has 9 heteroatoms. The molecule has 0 aliphatic rings. The number of hydrogen-bond donors (Lipinski definition) is 2. The summed E-state index contributed by atoms with van der Waals surface area (Å²) in [6.07, 6.45) is -3.03. The lowest BCUT2D eigenvalue weighted by atomic mass is 10.2. The second-order valence-corrected chi connectivity index (χ2v) is 4.21. The molecule has 1 aromatic heterocycles. The van der Waals surface area contributed by atoms with Gasteiger partial charge in [0.1, 0.15) is 0 Å². The summed E-state index contributed by atoms with van der Waals surface area (Å²) in [5.41, 5.74) is -1.26. The number of aromatic carboxylic acids is 1. The van der Waals surface area contributed by atoms with Gasteiger partial charge in [0.25, 0.3) is 0 Å². The lowest BCUT2D eigenvalue weighted by Crippen LogP contribution is -2.07. The Kier molecular flexibility index (Phi) is 4.15. The fraction of sp³-hybridized carbons (Fsp3) is 0.154. The van der Waals surface area contributed by atoms with E-state index >= 15 is 0 Å². The van der Waals surface area contributed by atoms with Crippen molar-refractivity contribution in [3.05, 3.63) is 48.2 Å². The summed E-state index contributed by atoms with van der Waals surface area (Å²) in [6.45, 7) is 3.70. The molecule has 0 spiro atoms. The Morgan fingerprint density at radius 2 is 2.14 bits per heavy atom. The first kappa shape index (κ1) is 15.5. The predicted molar refractivity (Wildman–Crippen MR) is 72.0 cm³/mol. The van der Waals surface area contributed by atoms with Gasteiger partial charge in [0.05, 0.1) is 11.3 Å². The largest absolute Gasteiger partial charge is 0.476 e. The van der Waals surface area contributed by atoms with Crippen LogP contribution in [-0.4, -0.2) is 32.6 Å². The van der Waals surface area contributed by atoms with Crippen LogP contribution in [0.1, 0.15) is 16.1 Å². The Morgan fingerprint density at radius 3 is 2.73 bits per heavy atom. The number of anilines is 1. The molecule has 0 aliphatic carbocycles. The molecule has 0 amide bonds. The molecule has 1 heterocycles. The third kappa shape index (κ3) is 3.25. The number of alkyl halides is 3. The summed E-state index contributed by atoms with van der Waals surface area (Å²) in [5.74, 6) is -1.39. The first-order valence-corrected chi connectivity index (χ1v) is 6.06. The molecule has 0 bridgehead atoms. The van der Waals surface area contributed by atoms with E-state index in [1.807, 2.05) is 0 Å². The third-order valence-corrected chi connectivity index (χ3v) is 2.63. The maximum absolute atomic E-state index is 12.7. The number of hydrogen-bond acceptors (Lipinski definition) is 4. The first-order chi connectivity index (χ1) is 10.3. The highest BCUT2D eigenvalue weighted by Crippen LogP contribution is 2.30. The van der Waals surface area contributed by atoms with Crippen molar-refractivity contribution >= 4 is 11.8 Å². The van der Waals surface area contributed by atoms with Crippen molar-refractivity contribution in [1.82, 2.24) is 15.0 Å². The Morgan fingerprint density at radius 1 is 1.41 bits per heavy atom. The van der Waals surface area contributed by atoms with Crippen molar-refractivity contribution in [1.29, 1.82) is 0 Å². The number of carboxylic acids is 1. The van der Waals surface area contributed by atoms with Gasteiger partial charge in [-0.1, -0.05) is 12.1 Å². The summed E-state index contributed by atoms with van der Waals surface area (Å²) in [4.78, 5) is 11.9. The SMILES string of the molecule is C=CCNc1nn(-c2cccc(C(F)(F)F)c2)nc1C(=O)O. The number of nitrogens with one attached hydrogen (secondary N) is 1. The molecular weight excluding hydrogens is 301 g/mol. The number of rotatable bonds is 5. The van der Waals surface area contributed by atoms with E-state index in [4.69, 9.17) is 5.11 Å². The maximum Gasteiger partial charge on any atom is 0.416 e. The molecule has 0 radical (unpaired) electrons. The van der Waals surface area contributed by atoms with Crippen LogP contribution >= 0.6 is 0 Å². The lowest BCUT2D eigenvalue weighted by Gasteiger charge is -2.07. The van der Waals surface area contributed by atoms with Gasteiger partial charge in [0.15, 0.2) is 5.82 Å². The van der Waals surface area contributed by atoms with Crippen molar-refractivity contribution in [2.24, 2.45) is 0 Å². The van der Waals surface area contributed by atoms with E-state index < -0.39 is 17.7 Å². The van der Waals surface area contributed by atoms with Gasteiger partial charge >= 0.3 is 12.1 Å². The van der Waals surface area contributed by atoms with Crippen molar-refractivity contribution in [2.75, 3.05) is 11.9 Å². The van der Waals surface area contributed by atoms with Gasteiger partial charge in [-0.05, 0) is 18.2 Å².